The number of benzene rings is 1. The average molecular weight is 157 g/mol. The lowest BCUT2D eigenvalue weighted by Gasteiger charge is -2.14. The number of rotatable bonds is 1. The molecular weight excluding hydrogens is 150 g/mol. The third-order valence-electron chi connectivity index (χ3n) is 1.97. The summed E-state index contributed by atoms with van der Waals surface area (Å²) >= 11 is 0. The molecule has 0 N–H and O–H groups in total. The number of nitrogens with zero attached hydrogens (tertiary/aromatic N) is 1. The number of fused-ring (bicyclic) bond motifs is 1. The van der Waals surface area contributed by atoms with Crippen molar-refractivity contribution in [1.82, 2.24) is 0 Å². The minimum atomic E-state index is 0.740. The van der Waals surface area contributed by atoms with E-state index in [0.29, 0.717) is 0 Å². The second-order valence-corrected chi connectivity index (χ2v) is 2.62. The number of ether oxygens (including phenoxy) is 1. The van der Waals surface area contributed by atoms with Crippen LogP contribution in [0.15, 0.2) is 18.2 Å². The highest BCUT2D eigenvalue weighted by molar-refractivity contribution is 6.02. The molecule has 2 nitrogen and oxygen atoms in total. The minimum Gasteiger partial charge on any atom is -0.497 e. The molecule has 0 saturated carbocycles. The fraction of sp³-hybridized carbons (Fsp3) is 0.100. The molecule has 0 spiro atoms. The van der Waals surface area contributed by atoms with E-state index in [1.54, 1.807) is 7.11 Å². The van der Waals surface area contributed by atoms with Crippen LogP contribution in [0.5, 0.6) is 5.75 Å². The third kappa shape index (κ3) is 0.802. The molecule has 0 fully saturated rings. The Morgan fingerprint density at radius 1 is 1.42 bits per heavy atom. The van der Waals surface area contributed by atoms with Crippen molar-refractivity contribution in [3.8, 4) is 11.8 Å². The van der Waals surface area contributed by atoms with Gasteiger partial charge in [-0.2, -0.15) is 5.26 Å². The van der Waals surface area contributed by atoms with Crippen molar-refractivity contribution >= 4 is 11.6 Å². The van der Waals surface area contributed by atoms with Crippen molar-refractivity contribution in [3.63, 3.8) is 0 Å². The number of nitriles is 1. The number of hydrogen-bond acceptors (Lipinski definition) is 2. The van der Waals surface area contributed by atoms with Crippen molar-refractivity contribution in [3.05, 3.63) is 29.3 Å². The molecule has 2 rings (SSSR count). The molecule has 1 aliphatic rings. The Balaban J connectivity index is 2.45. The summed E-state index contributed by atoms with van der Waals surface area (Å²) in [5.74, 6) is 0.801. The SMILES string of the molecule is COc1ccc2c(c1)C(C#N)=C2. The summed E-state index contributed by atoms with van der Waals surface area (Å²) in [4.78, 5) is 0. The van der Waals surface area contributed by atoms with E-state index in [1.165, 1.54) is 0 Å². The Morgan fingerprint density at radius 3 is 2.92 bits per heavy atom. The standard InChI is InChI=1S/C10H7NO/c1-12-9-3-2-7-4-8(6-11)10(7)5-9/h2-5H,1H3. The fourth-order valence-electron chi connectivity index (χ4n) is 1.27. The van der Waals surface area contributed by atoms with Gasteiger partial charge in [-0.05, 0) is 23.8 Å². The van der Waals surface area contributed by atoms with E-state index >= 15 is 0 Å². The first kappa shape index (κ1) is 6.93. The third-order valence-corrected chi connectivity index (χ3v) is 1.97. The molecule has 0 unspecified atom stereocenters. The first-order valence-corrected chi connectivity index (χ1v) is 3.65. The van der Waals surface area contributed by atoms with Crippen molar-refractivity contribution in [2.45, 2.75) is 0 Å². The maximum absolute atomic E-state index is 8.64. The van der Waals surface area contributed by atoms with Gasteiger partial charge in [0.2, 0.25) is 0 Å². The van der Waals surface area contributed by atoms with Gasteiger partial charge < -0.3 is 4.74 Å². The van der Waals surface area contributed by atoms with E-state index in [4.69, 9.17) is 10.00 Å². The van der Waals surface area contributed by atoms with Crippen LogP contribution in [-0.4, -0.2) is 7.11 Å². The van der Waals surface area contributed by atoms with Crippen LogP contribution in [0.3, 0.4) is 0 Å². The largest absolute Gasteiger partial charge is 0.497 e. The highest BCUT2D eigenvalue weighted by Crippen LogP contribution is 2.34. The lowest BCUT2D eigenvalue weighted by molar-refractivity contribution is 0.414. The monoisotopic (exact) mass is 157 g/mol. The summed E-state index contributed by atoms with van der Waals surface area (Å²) in [6.45, 7) is 0. The van der Waals surface area contributed by atoms with Crippen LogP contribution < -0.4 is 4.74 Å². The van der Waals surface area contributed by atoms with Gasteiger partial charge in [0.1, 0.15) is 5.75 Å². The Kier molecular flexibility index (Phi) is 1.38. The topological polar surface area (TPSA) is 33.0 Å². The molecule has 1 aromatic carbocycles. The number of hydrogen-bond donors (Lipinski definition) is 0. The lowest BCUT2D eigenvalue weighted by atomic mass is 9.89. The Labute approximate surface area is 70.7 Å². The molecule has 0 atom stereocenters. The van der Waals surface area contributed by atoms with Gasteiger partial charge in [-0.25, -0.2) is 0 Å². The van der Waals surface area contributed by atoms with Gasteiger partial charge in [0.25, 0.3) is 0 Å². The predicted molar refractivity (Wildman–Crippen MR) is 46.5 cm³/mol. The summed E-state index contributed by atoms with van der Waals surface area (Å²) in [6.07, 6.45) is 1.87. The van der Waals surface area contributed by atoms with Crippen LogP contribution in [0.25, 0.3) is 11.6 Å². The number of methoxy groups -OCH3 is 1. The number of allylic oxidation sites excluding steroid dienone is 1. The Morgan fingerprint density at radius 2 is 2.25 bits per heavy atom. The highest BCUT2D eigenvalue weighted by atomic mass is 16.5. The molecule has 12 heavy (non-hydrogen) atoms. The van der Waals surface area contributed by atoms with Gasteiger partial charge in [-0.15, -0.1) is 0 Å². The second-order valence-electron chi connectivity index (χ2n) is 2.62. The molecule has 0 radical (unpaired) electrons. The normalized spacial score (nSPS) is 12.2. The zero-order valence-electron chi connectivity index (χ0n) is 6.66. The molecular formula is C10H7NO. The zero-order valence-corrected chi connectivity index (χ0v) is 6.66. The fourth-order valence-corrected chi connectivity index (χ4v) is 1.27. The van der Waals surface area contributed by atoms with Gasteiger partial charge in [-0.3, -0.25) is 0 Å². The lowest BCUT2D eigenvalue weighted by Crippen LogP contribution is -1.97. The first-order valence-electron chi connectivity index (χ1n) is 3.65. The maximum atomic E-state index is 8.64. The average Bonchev–Trinajstić information content (AvgIpc) is 2.08. The molecule has 0 amide bonds. The molecule has 1 aromatic rings. The van der Waals surface area contributed by atoms with Gasteiger partial charge >= 0.3 is 0 Å². The summed E-state index contributed by atoms with van der Waals surface area (Å²) in [7, 11) is 1.62. The van der Waals surface area contributed by atoms with Crippen LogP contribution in [0.4, 0.5) is 0 Å². The molecule has 0 aromatic heterocycles. The van der Waals surface area contributed by atoms with Gasteiger partial charge in [0, 0.05) is 5.56 Å². The minimum absolute atomic E-state index is 0.740. The van der Waals surface area contributed by atoms with E-state index in [1.807, 2.05) is 24.3 Å². The van der Waals surface area contributed by atoms with Crippen molar-refractivity contribution in [2.75, 3.05) is 7.11 Å². The molecule has 1 aliphatic carbocycles. The highest BCUT2D eigenvalue weighted by Gasteiger charge is 2.15. The molecule has 58 valence electrons. The van der Waals surface area contributed by atoms with Crippen molar-refractivity contribution in [1.29, 1.82) is 5.26 Å². The predicted octanol–water partition coefficient (Wildman–Crippen LogP) is 2.07. The van der Waals surface area contributed by atoms with Gasteiger partial charge in [-0.1, -0.05) is 6.07 Å². The van der Waals surface area contributed by atoms with E-state index in [0.717, 1.165) is 22.4 Å². The van der Waals surface area contributed by atoms with Crippen LogP contribution >= 0.6 is 0 Å². The Hall–Kier alpha value is -1.75. The summed E-state index contributed by atoms with van der Waals surface area (Å²) in [6, 6.07) is 7.84. The van der Waals surface area contributed by atoms with E-state index in [-0.39, 0.29) is 0 Å². The molecule has 0 aliphatic heterocycles. The van der Waals surface area contributed by atoms with Crippen LogP contribution in [0.2, 0.25) is 0 Å². The van der Waals surface area contributed by atoms with Crippen LogP contribution in [-0.2, 0) is 0 Å². The zero-order chi connectivity index (χ0) is 8.55. The summed E-state index contributed by atoms with van der Waals surface area (Å²) in [5.41, 5.74) is 2.85. The summed E-state index contributed by atoms with van der Waals surface area (Å²) in [5, 5.41) is 8.64. The smallest absolute Gasteiger partial charge is 0.119 e. The van der Waals surface area contributed by atoms with Crippen LogP contribution in [0.1, 0.15) is 11.1 Å². The van der Waals surface area contributed by atoms with Crippen molar-refractivity contribution < 1.29 is 4.74 Å². The van der Waals surface area contributed by atoms with E-state index in [9.17, 15) is 0 Å². The van der Waals surface area contributed by atoms with E-state index in [2.05, 4.69) is 6.07 Å². The maximum Gasteiger partial charge on any atom is 0.119 e. The Bertz CT molecular complexity index is 399. The molecule has 0 heterocycles. The first-order chi connectivity index (χ1) is 5.85. The van der Waals surface area contributed by atoms with E-state index < -0.39 is 0 Å². The second kappa shape index (κ2) is 2.38. The molecule has 0 saturated heterocycles. The van der Waals surface area contributed by atoms with Crippen molar-refractivity contribution in [2.24, 2.45) is 0 Å². The van der Waals surface area contributed by atoms with Crippen LogP contribution in [0, 0.1) is 11.3 Å². The van der Waals surface area contributed by atoms with Gasteiger partial charge in [0.15, 0.2) is 0 Å². The molecule has 2 heteroatoms. The summed E-state index contributed by atoms with van der Waals surface area (Å²) < 4.78 is 5.04. The van der Waals surface area contributed by atoms with Gasteiger partial charge in [0.05, 0.1) is 18.8 Å². The molecule has 0 bridgehead atoms. The quantitative estimate of drug-likeness (QED) is 0.625.